The summed E-state index contributed by atoms with van der Waals surface area (Å²) in [6, 6.07) is 13.8. The third-order valence-electron chi connectivity index (χ3n) is 4.07. The Morgan fingerprint density at radius 1 is 1.19 bits per heavy atom. The molecule has 0 atom stereocenters. The lowest BCUT2D eigenvalue weighted by atomic mass is 10.1. The number of hydrogen-bond donors (Lipinski definition) is 1. The minimum absolute atomic E-state index is 0.231. The van der Waals surface area contributed by atoms with Gasteiger partial charge in [0.2, 0.25) is 0 Å². The lowest BCUT2D eigenvalue weighted by Crippen LogP contribution is -2.13. The van der Waals surface area contributed by atoms with Crippen LogP contribution in [0.5, 0.6) is 5.75 Å². The molecule has 1 aromatic carbocycles. The highest BCUT2D eigenvalue weighted by molar-refractivity contribution is 6.05. The second kappa shape index (κ2) is 6.80. The van der Waals surface area contributed by atoms with E-state index in [0.717, 1.165) is 23.2 Å². The van der Waals surface area contributed by atoms with Gasteiger partial charge in [0.25, 0.3) is 5.91 Å². The van der Waals surface area contributed by atoms with Gasteiger partial charge in [-0.3, -0.25) is 4.79 Å². The monoisotopic (exact) mass is 361 g/mol. The second-order valence-electron chi connectivity index (χ2n) is 5.80. The number of rotatable bonds is 4. The number of carbonyl (C=O) groups excluding carboxylic acids is 1. The lowest BCUT2D eigenvalue weighted by molar-refractivity contribution is 0.102. The van der Waals surface area contributed by atoms with Crippen molar-refractivity contribution in [2.24, 2.45) is 0 Å². The molecular formula is C20H15N3O4. The first kappa shape index (κ1) is 16.6. The molecular weight excluding hydrogens is 346 g/mol. The Labute approximate surface area is 153 Å². The molecule has 1 amide bonds. The fourth-order valence-electron chi connectivity index (χ4n) is 2.72. The first-order chi connectivity index (χ1) is 13.1. The maximum atomic E-state index is 12.4. The van der Waals surface area contributed by atoms with Gasteiger partial charge < -0.3 is 18.9 Å². The predicted octanol–water partition coefficient (Wildman–Crippen LogP) is 3.22. The number of anilines is 1. The molecule has 7 nitrogen and oxygen atoms in total. The number of aromatic nitrogens is 2. The number of hydrogen-bond acceptors (Lipinski definition) is 5. The Morgan fingerprint density at radius 3 is 2.81 bits per heavy atom. The van der Waals surface area contributed by atoms with Crippen LogP contribution in [0.15, 0.2) is 76.4 Å². The van der Waals surface area contributed by atoms with Crippen molar-refractivity contribution in [3.8, 4) is 17.0 Å². The van der Waals surface area contributed by atoms with Crippen LogP contribution in [-0.2, 0) is 0 Å². The number of methoxy groups -OCH3 is 1. The molecule has 0 fully saturated rings. The molecule has 0 spiro atoms. The molecule has 0 aliphatic heterocycles. The molecule has 0 saturated heterocycles. The van der Waals surface area contributed by atoms with Gasteiger partial charge in [0, 0.05) is 24.0 Å². The van der Waals surface area contributed by atoms with Gasteiger partial charge in [0.15, 0.2) is 0 Å². The summed E-state index contributed by atoms with van der Waals surface area (Å²) >= 11 is 0. The third kappa shape index (κ3) is 3.30. The van der Waals surface area contributed by atoms with E-state index < -0.39 is 11.5 Å². The zero-order chi connectivity index (χ0) is 18.8. The molecule has 0 aliphatic rings. The van der Waals surface area contributed by atoms with Gasteiger partial charge in [0.05, 0.1) is 24.1 Å². The van der Waals surface area contributed by atoms with E-state index in [-0.39, 0.29) is 5.56 Å². The smallest absolute Gasteiger partial charge is 0.335 e. The molecule has 0 aliphatic carbocycles. The molecule has 4 rings (SSSR count). The highest BCUT2D eigenvalue weighted by atomic mass is 16.5. The van der Waals surface area contributed by atoms with Gasteiger partial charge in [-0.1, -0.05) is 6.07 Å². The van der Waals surface area contributed by atoms with Crippen LogP contribution < -0.4 is 15.7 Å². The quantitative estimate of drug-likeness (QED) is 0.603. The molecule has 0 radical (unpaired) electrons. The van der Waals surface area contributed by atoms with E-state index in [0.29, 0.717) is 11.4 Å². The predicted molar refractivity (Wildman–Crippen MR) is 100 cm³/mol. The number of benzene rings is 1. The topological polar surface area (TPSA) is 85.8 Å². The van der Waals surface area contributed by atoms with Crippen molar-refractivity contribution in [3.63, 3.8) is 0 Å². The summed E-state index contributed by atoms with van der Waals surface area (Å²) < 4.78 is 12.0. The normalized spacial score (nSPS) is 10.7. The van der Waals surface area contributed by atoms with E-state index in [1.165, 1.54) is 19.2 Å². The molecule has 0 bridgehead atoms. The van der Waals surface area contributed by atoms with Crippen molar-refractivity contribution in [1.82, 2.24) is 9.38 Å². The van der Waals surface area contributed by atoms with Crippen LogP contribution in [0, 0.1) is 0 Å². The van der Waals surface area contributed by atoms with Crippen LogP contribution in [-0.4, -0.2) is 22.4 Å². The van der Waals surface area contributed by atoms with E-state index in [2.05, 4.69) is 10.3 Å². The molecule has 1 N–H and O–H groups in total. The van der Waals surface area contributed by atoms with Gasteiger partial charge in [-0.05, 0) is 36.4 Å². The fourth-order valence-corrected chi connectivity index (χ4v) is 2.72. The first-order valence-electron chi connectivity index (χ1n) is 8.16. The van der Waals surface area contributed by atoms with Crippen LogP contribution >= 0.6 is 0 Å². The highest BCUT2D eigenvalue weighted by Gasteiger charge is 2.13. The van der Waals surface area contributed by atoms with Gasteiger partial charge >= 0.3 is 5.63 Å². The number of nitrogens with zero attached hydrogens (tertiary/aromatic N) is 2. The summed E-state index contributed by atoms with van der Waals surface area (Å²) in [5.74, 6) is 0.0949. The molecule has 0 unspecified atom stereocenters. The Bertz CT molecular complexity index is 1140. The van der Waals surface area contributed by atoms with Crippen molar-refractivity contribution in [1.29, 1.82) is 0 Å². The number of nitrogens with one attached hydrogen (secondary N) is 1. The van der Waals surface area contributed by atoms with E-state index >= 15 is 0 Å². The Morgan fingerprint density at radius 2 is 2.07 bits per heavy atom. The molecule has 0 saturated carbocycles. The van der Waals surface area contributed by atoms with Crippen molar-refractivity contribution in [2.45, 2.75) is 0 Å². The number of imidazole rings is 1. The van der Waals surface area contributed by atoms with Crippen LogP contribution in [0.1, 0.15) is 10.4 Å². The fraction of sp³-hybridized carbons (Fsp3) is 0.0500. The van der Waals surface area contributed by atoms with Crippen molar-refractivity contribution < 1.29 is 13.9 Å². The highest BCUT2D eigenvalue weighted by Crippen LogP contribution is 2.30. The second-order valence-corrected chi connectivity index (χ2v) is 5.80. The summed E-state index contributed by atoms with van der Waals surface area (Å²) in [5, 5.41) is 2.78. The zero-order valence-corrected chi connectivity index (χ0v) is 14.4. The van der Waals surface area contributed by atoms with Gasteiger partial charge in [-0.25, -0.2) is 9.78 Å². The summed E-state index contributed by atoms with van der Waals surface area (Å²) in [5.41, 5.74) is 2.63. The molecule has 27 heavy (non-hydrogen) atoms. The molecule has 3 heterocycles. The maximum Gasteiger partial charge on any atom is 0.335 e. The molecule has 3 aromatic heterocycles. The largest absolute Gasteiger partial charge is 0.495 e. The number of carbonyl (C=O) groups is 1. The van der Waals surface area contributed by atoms with Crippen LogP contribution in [0.3, 0.4) is 0 Å². The summed E-state index contributed by atoms with van der Waals surface area (Å²) in [4.78, 5) is 28.1. The number of pyridine rings is 1. The average Bonchev–Trinajstić information content (AvgIpc) is 3.12. The Kier molecular flexibility index (Phi) is 4.18. The summed E-state index contributed by atoms with van der Waals surface area (Å²) in [6.45, 7) is 0. The summed E-state index contributed by atoms with van der Waals surface area (Å²) in [7, 11) is 1.52. The lowest BCUT2D eigenvalue weighted by Gasteiger charge is -2.11. The SMILES string of the molecule is COc1ccc(-c2cn3ccccc3n2)cc1NC(=O)c1ccc(=O)oc1. The van der Waals surface area contributed by atoms with Crippen molar-refractivity contribution in [3.05, 3.63) is 83.2 Å². The van der Waals surface area contributed by atoms with Gasteiger partial charge in [0.1, 0.15) is 17.7 Å². The van der Waals surface area contributed by atoms with Crippen LogP contribution in [0.2, 0.25) is 0 Å². The van der Waals surface area contributed by atoms with Crippen molar-refractivity contribution >= 4 is 17.2 Å². The van der Waals surface area contributed by atoms with E-state index in [9.17, 15) is 9.59 Å². The Balaban J connectivity index is 1.69. The standard InChI is InChI=1S/C20H15N3O4/c1-26-17-7-5-13(16-11-23-9-3-2-4-18(23)21-16)10-15(17)22-20(25)14-6-8-19(24)27-12-14/h2-12H,1H3,(H,22,25). The molecule has 134 valence electrons. The van der Waals surface area contributed by atoms with Gasteiger partial charge in [-0.2, -0.15) is 0 Å². The Hall–Kier alpha value is -3.87. The number of ether oxygens (including phenoxy) is 1. The van der Waals surface area contributed by atoms with Crippen LogP contribution in [0.25, 0.3) is 16.9 Å². The van der Waals surface area contributed by atoms with Gasteiger partial charge in [-0.15, -0.1) is 0 Å². The average molecular weight is 361 g/mol. The summed E-state index contributed by atoms with van der Waals surface area (Å²) in [6.07, 6.45) is 4.95. The minimum atomic E-state index is -0.516. The van der Waals surface area contributed by atoms with E-state index in [1.54, 1.807) is 12.1 Å². The molecule has 4 aromatic rings. The zero-order valence-electron chi connectivity index (χ0n) is 14.4. The third-order valence-corrected chi connectivity index (χ3v) is 4.07. The van der Waals surface area contributed by atoms with E-state index in [4.69, 9.17) is 9.15 Å². The number of fused-ring (bicyclic) bond motifs is 1. The van der Waals surface area contributed by atoms with Crippen molar-refractivity contribution in [2.75, 3.05) is 12.4 Å². The number of amides is 1. The van der Waals surface area contributed by atoms with Crippen LogP contribution in [0.4, 0.5) is 5.69 Å². The van der Waals surface area contributed by atoms with E-state index in [1.807, 2.05) is 41.1 Å². The molecule has 7 heteroatoms. The minimum Gasteiger partial charge on any atom is -0.495 e. The maximum absolute atomic E-state index is 12.4. The first-order valence-corrected chi connectivity index (χ1v) is 8.16.